The van der Waals surface area contributed by atoms with E-state index in [4.69, 9.17) is 5.21 Å². The van der Waals surface area contributed by atoms with Gasteiger partial charge in [-0.05, 0) is 62.3 Å². The third-order valence-corrected chi connectivity index (χ3v) is 5.41. The number of hydrogen-bond donors (Lipinski definition) is 1. The third-order valence-electron chi connectivity index (χ3n) is 5.41. The minimum atomic E-state index is 0.128. The first kappa shape index (κ1) is 13.3. The molecule has 0 bridgehead atoms. The molecular formula is C17H21NO2. The SMILES string of the molecule is CC1=C(CCC=NO)C2=C(C)C3(CC3)[C@H](C)C(=O)C2=C1. The molecule has 1 spiro atoms. The smallest absolute Gasteiger partial charge is 0.167 e. The fourth-order valence-electron chi connectivity index (χ4n) is 3.95. The van der Waals surface area contributed by atoms with E-state index in [0.717, 1.165) is 24.8 Å². The van der Waals surface area contributed by atoms with Gasteiger partial charge in [-0.25, -0.2) is 0 Å². The van der Waals surface area contributed by atoms with E-state index in [1.807, 2.05) is 0 Å². The van der Waals surface area contributed by atoms with Crippen LogP contribution in [0, 0.1) is 11.3 Å². The summed E-state index contributed by atoms with van der Waals surface area (Å²) in [5.74, 6) is 0.442. The zero-order valence-corrected chi connectivity index (χ0v) is 12.4. The minimum Gasteiger partial charge on any atom is -0.411 e. The molecule has 0 heterocycles. The number of rotatable bonds is 3. The van der Waals surface area contributed by atoms with Crippen molar-refractivity contribution < 1.29 is 10.0 Å². The van der Waals surface area contributed by atoms with Crippen molar-refractivity contribution in [1.82, 2.24) is 0 Å². The average molecular weight is 271 g/mol. The van der Waals surface area contributed by atoms with Gasteiger partial charge >= 0.3 is 0 Å². The summed E-state index contributed by atoms with van der Waals surface area (Å²) >= 11 is 0. The Bertz CT molecular complexity index is 600. The lowest BCUT2D eigenvalue weighted by atomic mass is 9.70. The summed E-state index contributed by atoms with van der Waals surface area (Å²) in [6.45, 7) is 6.37. The summed E-state index contributed by atoms with van der Waals surface area (Å²) in [6.07, 6.45) is 7.41. The molecule has 3 aliphatic carbocycles. The molecule has 3 aliphatic rings. The molecule has 0 aromatic rings. The van der Waals surface area contributed by atoms with E-state index >= 15 is 0 Å². The van der Waals surface area contributed by atoms with Crippen LogP contribution in [-0.2, 0) is 4.79 Å². The molecule has 0 saturated heterocycles. The van der Waals surface area contributed by atoms with Gasteiger partial charge in [0.15, 0.2) is 5.78 Å². The van der Waals surface area contributed by atoms with Crippen molar-refractivity contribution in [2.24, 2.45) is 16.5 Å². The summed E-state index contributed by atoms with van der Waals surface area (Å²) in [4.78, 5) is 12.6. The summed E-state index contributed by atoms with van der Waals surface area (Å²) in [6, 6.07) is 0. The Balaban J connectivity index is 2.03. The number of ketones is 1. The molecule has 0 radical (unpaired) electrons. The Hall–Kier alpha value is -1.64. The lowest BCUT2D eigenvalue weighted by Crippen LogP contribution is -2.31. The van der Waals surface area contributed by atoms with Crippen molar-refractivity contribution in [3.8, 4) is 0 Å². The van der Waals surface area contributed by atoms with E-state index in [9.17, 15) is 4.79 Å². The van der Waals surface area contributed by atoms with E-state index < -0.39 is 0 Å². The molecule has 3 rings (SSSR count). The van der Waals surface area contributed by atoms with E-state index in [1.165, 1.54) is 28.5 Å². The summed E-state index contributed by atoms with van der Waals surface area (Å²) < 4.78 is 0. The van der Waals surface area contributed by atoms with Crippen LogP contribution in [0.2, 0.25) is 0 Å². The maximum atomic E-state index is 12.6. The first-order valence-corrected chi connectivity index (χ1v) is 7.36. The normalized spacial score (nSPS) is 27.6. The molecule has 1 saturated carbocycles. The van der Waals surface area contributed by atoms with Gasteiger partial charge in [0.2, 0.25) is 0 Å². The lowest BCUT2D eigenvalue weighted by molar-refractivity contribution is -0.120. The standard InChI is InChI=1S/C17H21NO2/c1-10-9-14-15(13(10)5-4-8-18-20)11(2)17(6-7-17)12(3)16(14)19/h8-9,12,20H,4-7H2,1-3H3/t12-/m1/s1. The van der Waals surface area contributed by atoms with Crippen LogP contribution in [0.4, 0.5) is 0 Å². The predicted molar refractivity (Wildman–Crippen MR) is 78.8 cm³/mol. The lowest BCUT2D eigenvalue weighted by Gasteiger charge is -2.32. The largest absolute Gasteiger partial charge is 0.411 e. The second-order valence-electron chi connectivity index (χ2n) is 6.30. The van der Waals surface area contributed by atoms with Gasteiger partial charge in [0.05, 0.1) is 0 Å². The number of fused-ring (bicyclic) bond motifs is 1. The highest BCUT2D eigenvalue weighted by Crippen LogP contribution is 2.63. The highest BCUT2D eigenvalue weighted by Gasteiger charge is 2.56. The number of Topliss-reactive ketones (excluding diaryl/α,β-unsaturated/α-hetero) is 1. The Kier molecular flexibility index (Phi) is 2.96. The second-order valence-corrected chi connectivity index (χ2v) is 6.30. The zero-order valence-electron chi connectivity index (χ0n) is 12.4. The molecule has 3 nitrogen and oxygen atoms in total. The fourth-order valence-corrected chi connectivity index (χ4v) is 3.95. The van der Waals surface area contributed by atoms with Crippen LogP contribution >= 0.6 is 0 Å². The topological polar surface area (TPSA) is 49.7 Å². The molecule has 0 unspecified atom stereocenters. The molecule has 20 heavy (non-hydrogen) atoms. The van der Waals surface area contributed by atoms with Crippen molar-refractivity contribution in [2.45, 2.75) is 46.5 Å². The molecule has 1 atom stereocenters. The van der Waals surface area contributed by atoms with Gasteiger partial charge in [-0.2, -0.15) is 0 Å². The fraction of sp³-hybridized carbons (Fsp3) is 0.529. The number of nitrogens with zero attached hydrogens (tertiary/aromatic N) is 1. The quantitative estimate of drug-likeness (QED) is 0.482. The molecule has 106 valence electrons. The van der Waals surface area contributed by atoms with Crippen molar-refractivity contribution in [3.63, 3.8) is 0 Å². The third kappa shape index (κ3) is 1.65. The van der Waals surface area contributed by atoms with Gasteiger partial charge in [0, 0.05) is 23.1 Å². The summed E-state index contributed by atoms with van der Waals surface area (Å²) in [5.41, 5.74) is 6.13. The highest BCUT2D eigenvalue weighted by atomic mass is 16.4. The minimum absolute atomic E-state index is 0.128. The second kappa shape index (κ2) is 4.44. The van der Waals surface area contributed by atoms with Crippen molar-refractivity contribution >= 4 is 12.0 Å². The van der Waals surface area contributed by atoms with Crippen LogP contribution in [0.25, 0.3) is 0 Å². The van der Waals surface area contributed by atoms with Crippen LogP contribution < -0.4 is 0 Å². The monoisotopic (exact) mass is 271 g/mol. The zero-order chi connectivity index (χ0) is 14.5. The molecule has 3 heteroatoms. The summed E-state index contributed by atoms with van der Waals surface area (Å²) in [5, 5.41) is 11.6. The van der Waals surface area contributed by atoms with Gasteiger partial charge < -0.3 is 5.21 Å². The molecule has 0 amide bonds. The maximum Gasteiger partial charge on any atom is 0.167 e. The Labute approximate surface area is 119 Å². The van der Waals surface area contributed by atoms with E-state index in [2.05, 4.69) is 32.0 Å². The van der Waals surface area contributed by atoms with Crippen LogP contribution in [0.1, 0.15) is 46.5 Å². The Morgan fingerprint density at radius 2 is 2.15 bits per heavy atom. The number of carbonyl (C=O) groups is 1. The highest BCUT2D eigenvalue weighted by molar-refractivity contribution is 6.07. The number of carbonyl (C=O) groups excluding carboxylic acids is 1. The first-order valence-electron chi connectivity index (χ1n) is 7.36. The van der Waals surface area contributed by atoms with E-state index in [1.54, 1.807) is 0 Å². The van der Waals surface area contributed by atoms with Crippen molar-refractivity contribution in [2.75, 3.05) is 0 Å². The van der Waals surface area contributed by atoms with Crippen LogP contribution in [-0.4, -0.2) is 17.2 Å². The molecule has 1 fully saturated rings. The van der Waals surface area contributed by atoms with E-state index in [0.29, 0.717) is 12.2 Å². The van der Waals surface area contributed by atoms with Crippen LogP contribution in [0.3, 0.4) is 0 Å². The van der Waals surface area contributed by atoms with Crippen LogP contribution in [0.15, 0.2) is 39.1 Å². The van der Waals surface area contributed by atoms with Gasteiger partial charge in [0.1, 0.15) is 0 Å². The van der Waals surface area contributed by atoms with Crippen LogP contribution in [0.5, 0.6) is 0 Å². The molecule has 0 aromatic carbocycles. The Morgan fingerprint density at radius 1 is 1.45 bits per heavy atom. The average Bonchev–Trinajstić information content (AvgIpc) is 3.16. The molecule has 1 N–H and O–H groups in total. The van der Waals surface area contributed by atoms with Crippen molar-refractivity contribution in [3.05, 3.63) is 33.9 Å². The van der Waals surface area contributed by atoms with Crippen molar-refractivity contribution in [1.29, 1.82) is 0 Å². The van der Waals surface area contributed by atoms with Gasteiger partial charge in [-0.1, -0.05) is 12.5 Å². The van der Waals surface area contributed by atoms with E-state index in [-0.39, 0.29) is 11.3 Å². The summed E-state index contributed by atoms with van der Waals surface area (Å²) in [7, 11) is 0. The molecule has 0 aliphatic heterocycles. The van der Waals surface area contributed by atoms with Gasteiger partial charge in [-0.15, -0.1) is 5.16 Å². The number of oxime groups is 1. The Morgan fingerprint density at radius 3 is 2.75 bits per heavy atom. The van der Waals surface area contributed by atoms with Gasteiger partial charge in [0.25, 0.3) is 0 Å². The van der Waals surface area contributed by atoms with Gasteiger partial charge in [-0.3, -0.25) is 4.79 Å². The number of allylic oxidation sites excluding steroid dienone is 6. The molecule has 0 aromatic heterocycles. The predicted octanol–water partition coefficient (Wildman–Crippen LogP) is 3.80. The maximum absolute atomic E-state index is 12.6. The number of hydrogen-bond acceptors (Lipinski definition) is 3. The molecular weight excluding hydrogens is 250 g/mol. The first-order chi connectivity index (χ1) is 9.53.